The van der Waals surface area contributed by atoms with Crippen molar-refractivity contribution < 1.29 is 0 Å². The second-order valence-corrected chi connectivity index (χ2v) is 7.64. The van der Waals surface area contributed by atoms with E-state index in [4.69, 9.17) is 5.73 Å². The maximum Gasteiger partial charge on any atom is 0.0566 e. The van der Waals surface area contributed by atoms with Gasteiger partial charge in [0.25, 0.3) is 0 Å². The molecule has 114 valence electrons. The molecule has 0 spiro atoms. The van der Waals surface area contributed by atoms with Crippen LogP contribution in [0.3, 0.4) is 0 Å². The van der Waals surface area contributed by atoms with E-state index in [0.29, 0.717) is 12.0 Å². The molecule has 20 heavy (non-hydrogen) atoms. The summed E-state index contributed by atoms with van der Waals surface area (Å²) in [5, 5.41) is 0. The smallest absolute Gasteiger partial charge is 0.0566 e. The van der Waals surface area contributed by atoms with E-state index in [1.165, 1.54) is 42.0 Å². The Kier molecular flexibility index (Phi) is 6.06. The fourth-order valence-corrected chi connectivity index (χ4v) is 4.45. The average Bonchev–Trinajstić information content (AvgIpc) is 3.09. The third-order valence-corrected chi connectivity index (χ3v) is 5.68. The van der Waals surface area contributed by atoms with Crippen LogP contribution >= 0.6 is 11.3 Å². The molecule has 1 aliphatic carbocycles. The first-order valence-corrected chi connectivity index (χ1v) is 9.01. The fraction of sp³-hybridized carbons (Fsp3) is 0.765. The zero-order valence-electron chi connectivity index (χ0n) is 13.3. The van der Waals surface area contributed by atoms with Crippen LogP contribution in [0.5, 0.6) is 0 Å². The first-order valence-electron chi connectivity index (χ1n) is 8.20. The molecule has 1 aromatic rings. The van der Waals surface area contributed by atoms with Gasteiger partial charge in [0.1, 0.15) is 0 Å². The molecule has 2 N–H and O–H groups in total. The highest BCUT2D eigenvalue weighted by Gasteiger charge is 2.30. The molecule has 1 saturated carbocycles. The number of rotatable bonds is 7. The van der Waals surface area contributed by atoms with Gasteiger partial charge in [0.05, 0.1) is 6.04 Å². The van der Waals surface area contributed by atoms with E-state index in [1.54, 1.807) is 0 Å². The van der Waals surface area contributed by atoms with E-state index in [2.05, 4.69) is 37.8 Å². The van der Waals surface area contributed by atoms with Gasteiger partial charge in [0, 0.05) is 28.9 Å². The molecule has 0 aromatic carbocycles. The van der Waals surface area contributed by atoms with Crippen LogP contribution in [-0.4, -0.2) is 24.0 Å². The lowest BCUT2D eigenvalue weighted by Gasteiger charge is -2.36. The maximum atomic E-state index is 6.16. The van der Waals surface area contributed by atoms with Crippen LogP contribution in [0.4, 0.5) is 0 Å². The van der Waals surface area contributed by atoms with E-state index in [0.717, 1.165) is 19.0 Å². The molecule has 1 aliphatic rings. The second-order valence-electron chi connectivity index (χ2n) is 6.44. The summed E-state index contributed by atoms with van der Waals surface area (Å²) in [6.45, 7) is 8.79. The highest BCUT2D eigenvalue weighted by Crippen LogP contribution is 2.34. The Balaban J connectivity index is 2.18. The second kappa shape index (κ2) is 7.58. The number of hydrogen-bond donors (Lipinski definition) is 1. The summed E-state index contributed by atoms with van der Waals surface area (Å²) < 4.78 is 0. The van der Waals surface area contributed by atoms with Gasteiger partial charge in [-0.1, -0.05) is 33.6 Å². The maximum absolute atomic E-state index is 6.16. The van der Waals surface area contributed by atoms with Gasteiger partial charge in [0.15, 0.2) is 0 Å². The van der Waals surface area contributed by atoms with Crippen molar-refractivity contribution in [1.82, 2.24) is 4.90 Å². The number of aryl methyl sites for hydroxylation is 1. The Bertz CT molecular complexity index is 393. The van der Waals surface area contributed by atoms with Gasteiger partial charge < -0.3 is 5.73 Å². The summed E-state index contributed by atoms with van der Waals surface area (Å²) in [4.78, 5) is 5.66. The van der Waals surface area contributed by atoms with E-state index in [9.17, 15) is 0 Å². The Hall–Kier alpha value is -0.380. The van der Waals surface area contributed by atoms with Crippen molar-refractivity contribution in [3.63, 3.8) is 0 Å². The summed E-state index contributed by atoms with van der Waals surface area (Å²) >= 11 is 1.96. The Morgan fingerprint density at radius 3 is 2.50 bits per heavy atom. The molecule has 0 saturated heterocycles. The Morgan fingerprint density at radius 1 is 1.30 bits per heavy atom. The molecule has 1 unspecified atom stereocenters. The van der Waals surface area contributed by atoms with E-state index < -0.39 is 0 Å². The number of thiophene rings is 1. The summed E-state index contributed by atoms with van der Waals surface area (Å²) in [6, 6.07) is 5.76. The molecule has 0 aliphatic heterocycles. The number of nitrogens with zero attached hydrogens (tertiary/aromatic N) is 1. The first kappa shape index (κ1) is 16.0. The molecule has 0 radical (unpaired) electrons. The molecule has 3 heteroatoms. The van der Waals surface area contributed by atoms with E-state index in [1.807, 2.05) is 11.3 Å². The SMILES string of the molecule is CCc1ccc(C(CN)N(CC(C)C)C2CCCC2)s1. The van der Waals surface area contributed by atoms with Crippen LogP contribution in [0.2, 0.25) is 0 Å². The monoisotopic (exact) mass is 294 g/mol. The Morgan fingerprint density at radius 2 is 2.00 bits per heavy atom. The lowest BCUT2D eigenvalue weighted by Crippen LogP contribution is -2.42. The highest BCUT2D eigenvalue weighted by molar-refractivity contribution is 7.12. The molecular formula is C17H30N2S. The zero-order valence-corrected chi connectivity index (χ0v) is 14.1. The van der Waals surface area contributed by atoms with E-state index >= 15 is 0 Å². The molecule has 0 bridgehead atoms. The van der Waals surface area contributed by atoms with Crippen molar-refractivity contribution in [1.29, 1.82) is 0 Å². The van der Waals surface area contributed by atoms with Gasteiger partial charge >= 0.3 is 0 Å². The predicted molar refractivity (Wildman–Crippen MR) is 89.3 cm³/mol. The third kappa shape index (κ3) is 3.84. The van der Waals surface area contributed by atoms with Crippen LogP contribution < -0.4 is 5.73 Å². The summed E-state index contributed by atoms with van der Waals surface area (Å²) in [6.07, 6.45) is 6.63. The van der Waals surface area contributed by atoms with Gasteiger partial charge in [-0.2, -0.15) is 0 Å². The van der Waals surface area contributed by atoms with Gasteiger partial charge in [-0.25, -0.2) is 0 Å². The van der Waals surface area contributed by atoms with Crippen molar-refractivity contribution >= 4 is 11.3 Å². The minimum Gasteiger partial charge on any atom is -0.329 e. The number of hydrogen-bond acceptors (Lipinski definition) is 3. The van der Waals surface area contributed by atoms with Gasteiger partial charge in [-0.05, 0) is 37.3 Å². The molecule has 1 heterocycles. The van der Waals surface area contributed by atoms with Crippen LogP contribution in [0.25, 0.3) is 0 Å². The molecule has 0 amide bonds. The quantitative estimate of drug-likeness (QED) is 0.816. The highest BCUT2D eigenvalue weighted by atomic mass is 32.1. The van der Waals surface area contributed by atoms with Gasteiger partial charge in [-0.3, -0.25) is 4.90 Å². The van der Waals surface area contributed by atoms with Crippen LogP contribution in [0.15, 0.2) is 12.1 Å². The topological polar surface area (TPSA) is 29.3 Å². The van der Waals surface area contributed by atoms with Crippen molar-refractivity contribution in [2.75, 3.05) is 13.1 Å². The predicted octanol–water partition coefficient (Wildman–Crippen LogP) is 4.21. The van der Waals surface area contributed by atoms with Gasteiger partial charge in [-0.15, -0.1) is 11.3 Å². The lowest BCUT2D eigenvalue weighted by molar-refractivity contribution is 0.123. The van der Waals surface area contributed by atoms with Crippen LogP contribution in [0, 0.1) is 5.92 Å². The Labute approximate surface area is 128 Å². The lowest BCUT2D eigenvalue weighted by atomic mass is 10.1. The first-order chi connectivity index (χ1) is 9.65. The molecule has 1 fully saturated rings. The summed E-state index contributed by atoms with van der Waals surface area (Å²) in [5.74, 6) is 0.704. The third-order valence-electron chi connectivity index (χ3n) is 4.35. The summed E-state index contributed by atoms with van der Waals surface area (Å²) in [5.41, 5.74) is 6.16. The molecule has 2 nitrogen and oxygen atoms in total. The largest absolute Gasteiger partial charge is 0.329 e. The number of nitrogens with two attached hydrogens (primary N) is 1. The molecule has 1 atom stereocenters. The normalized spacial score (nSPS) is 18.3. The van der Waals surface area contributed by atoms with Crippen molar-refractivity contribution in [2.45, 2.75) is 65.0 Å². The molecule has 1 aromatic heterocycles. The summed E-state index contributed by atoms with van der Waals surface area (Å²) in [7, 11) is 0. The van der Waals surface area contributed by atoms with Crippen molar-refractivity contribution in [2.24, 2.45) is 11.7 Å². The minimum absolute atomic E-state index is 0.422. The minimum atomic E-state index is 0.422. The molecule has 2 rings (SSSR count). The van der Waals surface area contributed by atoms with Crippen molar-refractivity contribution in [3.8, 4) is 0 Å². The van der Waals surface area contributed by atoms with Crippen molar-refractivity contribution in [3.05, 3.63) is 21.9 Å². The van der Waals surface area contributed by atoms with Crippen LogP contribution in [0.1, 0.15) is 62.3 Å². The zero-order chi connectivity index (χ0) is 14.5. The van der Waals surface area contributed by atoms with Crippen LogP contribution in [-0.2, 0) is 6.42 Å². The molecular weight excluding hydrogens is 264 g/mol. The van der Waals surface area contributed by atoms with Gasteiger partial charge in [0.2, 0.25) is 0 Å². The fourth-order valence-electron chi connectivity index (χ4n) is 3.37. The standard InChI is InChI=1S/C17H30N2S/c1-4-15-9-10-17(20-15)16(11-18)19(12-13(2)3)14-7-5-6-8-14/h9-10,13-14,16H,4-8,11-12,18H2,1-3H3. The average molecular weight is 295 g/mol. The van der Waals surface area contributed by atoms with E-state index in [-0.39, 0.29) is 0 Å².